The Labute approximate surface area is 148 Å². The van der Waals surface area contributed by atoms with E-state index < -0.39 is 6.10 Å². The molecule has 1 amide bonds. The number of piperazine rings is 1. The Kier molecular flexibility index (Phi) is 5.51. The normalized spacial score (nSPS) is 25.3. The highest BCUT2D eigenvalue weighted by Crippen LogP contribution is 2.21. The fraction of sp³-hybridized carbons (Fsp3) is 0.706. The van der Waals surface area contributed by atoms with Gasteiger partial charge in [0.15, 0.2) is 0 Å². The number of rotatable bonds is 3. The standard InChI is InChI=1S/C17H27N5O3/c1-12-14(16(25)22-4-3-13(11-23)15(24)10-22)9-18-17(19-12)21-7-5-20(2)6-8-21/h9,13,15,23-24H,3-8,10-11H2,1-2H3/t13-,15+/m1/s1. The predicted octanol–water partition coefficient (Wildman–Crippen LogP) is -0.648. The SMILES string of the molecule is Cc1nc(N2CCN(C)CC2)ncc1C(=O)N1CC[C@H](CO)[C@@H](O)C1. The van der Waals surface area contributed by atoms with Gasteiger partial charge in [0.25, 0.3) is 5.91 Å². The maximum Gasteiger partial charge on any atom is 0.257 e. The van der Waals surface area contributed by atoms with E-state index in [1.54, 1.807) is 11.1 Å². The number of carbonyl (C=O) groups excluding carboxylic acids is 1. The first-order chi connectivity index (χ1) is 12.0. The molecular formula is C17H27N5O3. The minimum atomic E-state index is -0.687. The minimum Gasteiger partial charge on any atom is -0.396 e. The Morgan fingerprint density at radius 3 is 2.60 bits per heavy atom. The summed E-state index contributed by atoms with van der Waals surface area (Å²) in [6.07, 6.45) is 1.51. The number of β-amino-alcohol motifs (C(OH)–C–C–N with tert-alkyl or cyclic N) is 1. The van der Waals surface area contributed by atoms with Crippen LogP contribution in [0.25, 0.3) is 0 Å². The molecule has 0 unspecified atom stereocenters. The summed E-state index contributed by atoms with van der Waals surface area (Å²) >= 11 is 0. The number of nitrogens with zero attached hydrogens (tertiary/aromatic N) is 5. The van der Waals surface area contributed by atoms with Crippen molar-refractivity contribution < 1.29 is 15.0 Å². The van der Waals surface area contributed by atoms with Gasteiger partial charge in [0, 0.05) is 58.0 Å². The third-order valence-corrected chi connectivity index (χ3v) is 5.23. The number of aryl methyl sites for hydroxylation is 1. The van der Waals surface area contributed by atoms with Crippen LogP contribution < -0.4 is 4.90 Å². The Balaban J connectivity index is 1.69. The second-order valence-electron chi connectivity index (χ2n) is 7.01. The van der Waals surface area contributed by atoms with Crippen molar-refractivity contribution in [3.63, 3.8) is 0 Å². The van der Waals surface area contributed by atoms with Crippen LogP contribution in [0.2, 0.25) is 0 Å². The van der Waals surface area contributed by atoms with E-state index >= 15 is 0 Å². The summed E-state index contributed by atoms with van der Waals surface area (Å²) in [5.41, 5.74) is 1.14. The number of aliphatic hydroxyl groups is 2. The first-order valence-electron chi connectivity index (χ1n) is 8.85. The van der Waals surface area contributed by atoms with Crippen molar-refractivity contribution >= 4 is 11.9 Å². The Bertz CT molecular complexity index is 618. The van der Waals surface area contributed by atoms with E-state index in [-0.39, 0.29) is 25.0 Å². The fourth-order valence-corrected chi connectivity index (χ4v) is 3.37. The molecule has 8 nitrogen and oxygen atoms in total. The zero-order chi connectivity index (χ0) is 18.0. The molecule has 0 aliphatic carbocycles. The van der Waals surface area contributed by atoms with Crippen molar-refractivity contribution in [1.29, 1.82) is 0 Å². The van der Waals surface area contributed by atoms with Gasteiger partial charge in [-0.2, -0.15) is 0 Å². The first-order valence-corrected chi connectivity index (χ1v) is 8.85. The highest BCUT2D eigenvalue weighted by molar-refractivity contribution is 5.95. The quantitative estimate of drug-likeness (QED) is 0.749. The monoisotopic (exact) mass is 349 g/mol. The molecule has 0 spiro atoms. The van der Waals surface area contributed by atoms with Gasteiger partial charge in [0.05, 0.1) is 17.4 Å². The van der Waals surface area contributed by atoms with Gasteiger partial charge in [-0.3, -0.25) is 4.79 Å². The van der Waals surface area contributed by atoms with Crippen LogP contribution in [0.4, 0.5) is 5.95 Å². The molecule has 2 N–H and O–H groups in total. The summed E-state index contributed by atoms with van der Waals surface area (Å²) in [6.45, 7) is 6.25. The van der Waals surface area contributed by atoms with Crippen LogP contribution in [0.15, 0.2) is 6.20 Å². The molecule has 25 heavy (non-hydrogen) atoms. The van der Waals surface area contributed by atoms with Crippen LogP contribution >= 0.6 is 0 Å². The number of amides is 1. The summed E-state index contributed by atoms with van der Waals surface area (Å²) in [4.78, 5) is 27.7. The van der Waals surface area contributed by atoms with Gasteiger partial charge in [0.2, 0.25) is 5.95 Å². The van der Waals surface area contributed by atoms with Crippen molar-refractivity contribution in [3.05, 3.63) is 17.5 Å². The van der Waals surface area contributed by atoms with Gasteiger partial charge in [-0.15, -0.1) is 0 Å². The van der Waals surface area contributed by atoms with Crippen molar-refractivity contribution in [2.45, 2.75) is 19.4 Å². The lowest BCUT2D eigenvalue weighted by molar-refractivity contribution is 0.000808. The van der Waals surface area contributed by atoms with E-state index in [1.807, 2.05) is 6.92 Å². The molecule has 0 saturated carbocycles. The van der Waals surface area contributed by atoms with Crippen LogP contribution in [0.1, 0.15) is 22.5 Å². The van der Waals surface area contributed by atoms with Crippen molar-refractivity contribution in [2.75, 3.05) is 57.8 Å². The van der Waals surface area contributed by atoms with Gasteiger partial charge in [0.1, 0.15) is 0 Å². The number of anilines is 1. The minimum absolute atomic E-state index is 0.0505. The Morgan fingerprint density at radius 1 is 1.28 bits per heavy atom. The van der Waals surface area contributed by atoms with Crippen LogP contribution in [0.3, 0.4) is 0 Å². The molecule has 0 radical (unpaired) electrons. The number of hydrogen-bond donors (Lipinski definition) is 2. The lowest BCUT2D eigenvalue weighted by atomic mass is 9.94. The summed E-state index contributed by atoms with van der Waals surface area (Å²) in [5, 5.41) is 19.3. The lowest BCUT2D eigenvalue weighted by Crippen LogP contribution is -2.48. The van der Waals surface area contributed by atoms with Crippen LogP contribution in [-0.4, -0.2) is 94.9 Å². The van der Waals surface area contributed by atoms with Crippen molar-refractivity contribution in [1.82, 2.24) is 19.8 Å². The van der Waals surface area contributed by atoms with E-state index in [1.165, 1.54) is 0 Å². The zero-order valence-corrected chi connectivity index (χ0v) is 14.9. The van der Waals surface area contributed by atoms with Crippen molar-refractivity contribution in [3.8, 4) is 0 Å². The number of piperidine rings is 1. The smallest absolute Gasteiger partial charge is 0.257 e. The second kappa shape index (κ2) is 7.63. The molecule has 2 fully saturated rings. The zero-order valence-electron chi connectivity index (χ0n) is 14.9. The van der Waals surface area contributed by atoms with Gasteiger partial charge in [-0.25, -0.2) is 9.97 Å². The summed E-state index contributed by atoms with van der Waals surface area (Å²) in [7, 11) is 2.10. The highest BCUT2D eigenvalue weighted by atomic mass is 16.3. The number of aliphatic hydroxyl groups excluding tert-OH is 2. The molecule has 2 aliphatic rings. The number of hydrogen-bond acceptors (Lipinski definition) is 7. The molecule has 138 valence electrons. The van der Waals surface area contributed by atoms with Gasteiger partial charge < -0.3 is 24.9 Å². The summed E-state index contributed by atoms with van der Waals surface area (Å²) in [6, 6.07) is 0. The fourth-order valence-electron chi connectivity index (χ4n) is 3.37. The number of likely N-dealkylation sites (N-methyl/N-ethyl adjacent to an activating group) is 1. The highest BCUT2D eigenvalue weighted by Gasteiger charge is 2.31. The Morgan fingerprint density at radius 2 is 2.00 bits per heavy atom. The topological polar surface area (TPSA) is 93.0 Å². The molecule has 3 rings (SSSR count). The maximum absolute atomic E-state index is 12.7. The molecule has 2 aliphatic heterocycles. The van der Waals surface area contributed by atoms with E-state index in [0.717, 1.165) is 26.2 Å². The average molecular weight is 349 g/mol. The molecular weight excluding hydrogens is 322 g/mol. The van der Waals surface area contributed by atoms with E-state index in [4.69, 9.17) is 0 Å². The molecule has 3 heterocycles. The second-order valence-corrected chi connectivity index (χ2v) is 7.01. The van der Waals surface area contributed by atoms with Crippen LogP contribution in [0.5, 0.6) is 0 Å². The van der Waals surface area contributed by atoms with Crippen LogP contribution in [0, 0.1) is 12.8 Å². The summed E-state index contributed by atoms with van der Waals surface area (Å²) in [5.74, 6) is 0.361. The van der Waals surface area contributed by atoms with E-state index in [0.29, 0.717) is 30.2 Å². The van der Waals surface area contributed by atoms with Gasteiger partial charge in [-0.05, 0) is 20.4 Å². The molecule has 2 atom stereocenters. The van der Waals surface area contributed by atoms with E-state index in [9.17, 15) is 15.0 Å². The summed E-state index contributed by atoms with van der Waals surface area (Å²) < 4.78 is 0. The largest absolute Gasteiger partial charge is 0.396 e. The third-order valence-electron chi connectivity index (χ3n) is 5.23. The molecule has 8 heteroatoms. The van der Waals surface area contributed by atoms with Gasteiger partial charge >= 0.3 is 0 Å². The molecule has 2 saturated heterocycles. The Hall–Kier alpha value is -1.77. The predicted molar refractivity (Wildman–Crippen MR) is 93.6 cm³/mol. The third kappa shape index (κ3) is 3.91. The average Bonchev–Trinajstić information content (AvgIpc) is 2.61. The van der Waals surface area contributed by atoms with Crippen LogP contribution in [-0.2, 0) is 0 Å². The number of aromatic nitrogens is 2. The molecule has 0 aromatic carbocycles. The molecule has 1 aromatic rings. The first kappa shape index (κ1) is 18.0. The number of carbonyl (C=O) groups is 1. The van der Waals surface area contributed by atoms with Gasteiger partial charge in [-0.1, -0.05) is 0 Å². The molecule has 1 aromatic heterocycles. The van der Waals surface area contributed by atoms with E-state index in [2.05, 4.69) is 26.8 Å². The lowest BCUT2D eigenvalue weighted by Gasteiger charge is -2.35. The number of likely N-dealkylation sites (tertiary alicyclic amines) is 1. The maximum atomic E-state index is 12.7. The van der Waals surface area contributed by atoms with Crippen molar-refractivity contribution in [2.24, 2.45) is 5.92 Å². The molecule has 0 bridgehead atoms.